The number of furan rings is 1. The van der Waals surface area contributed by atoms with Crippen molar-refractivity contribution in [2.45, 2.75) is 38.7 Å². The molecule has 0 atom stereocenters. The molecule has 0 radical (unpaired) electrons. The molecule has 100 valence electrons. The Morgan fingerprint density at radius 3 is 2.94 bits per heavy atom. The van der Waals surface area contributed by atoms with Gasteiger partial charge in [-0.2, -0.15) is 0 Å². The highest BCUT2D eigenvalue weighted by Gasteiger charge is 2.16. The molecule has 5 nitrogen and oxygen atoms in total. The molecule has 1 saturated carbocycles. The van der Waals surface area contributed by atoms with Gasteiger partial charge in [0.05, 0.1) is 12.9 Å². The van der Waals surface area contributed by atoms with Crippen LogP contribution >= 0.6 is 0 Å². The number of carbonyl (C=O) groups is 1. The highest BCUT2D eigenvalue weighted by atomic mass is 16.5. The predicted molar refractivity (Wildman–Crippen MR) is 66.6 cm³/mol. The largest absolute Gasteiger partial charge is 0.459 e. The third-order valence-electron chi connectivity index (χ3n) is 3.42. The molecule has 18 heavy (non-hydrogen) atoms. The number of hydrogen-bond donors (Lipinski definition) is 2. The molecule has 0 bridgehead atoms. The number of nitrogens with one attached hydrogen (secondary N) is 1. The predicted octanol–water partition coefficient (Wildman–Crippen LogP) is 1.98. The summed E-state index contributed by atoms with van der Waals surface area (Å²) in [4.78, 5) is 11.4. The quantitative estimate of drug-likeness (QED) is 0.477. The average molecular weight is 252 g/mol. The van der Waals surface area contributed by atoms with Crippen LogP contribution in [0.2, 0.25) is 0 Å². The van der Waals surface area contributed by atoms with Gasteiger partial charge in [-0.3, -0.25) is 10.2 Å². The highest BCUT2D eigenvalue weighted by Crippen LogP contribution is 2.24. The Kier molecular flexibility index (Phi) is 4.78. The van der Waals surface area contributed by atoms with Crippen molar-refractivity contribution in [3.63, 3.8) is 0 Å². The van der Waals surface area contributed by atoms with E-state index in [9.17, 15) is 4.79 Å². The number of nitrogens with two attached hydrogens (primary N) is 1. The number of rotatable bonds is 5. The zero-order valence-corrected chi connectivity index (χ0v) is 10.5. The van der Waals surface area contributed by atoms with Gasteiger partial charge in [0.15, 0.2) is 5.76 Å². The molecule has 0 unspecified atom stereocenters. The standard InChI is InChI=1S/C13H20N2O3/c14-15-13(16)12-11(6-7-18-12)9-17-8-10-4-2-1-3-5-10/h6-7,10H,1-5,8-9,14H2,(H,15,16). The lowest BCUT2D eigenvalue weighted by molar-refractivity contribution is 0.0717. The van der Waals surface area contributed by atoms with E-state index in [0.717, 1.165) is 12.2 Å². The minimum Gasteiger partial charge on any atom is -0.459 e. The Morgan fingerprint density at radius 1 is 1.44 bits per heavy atom. The maximum Gasteiger partial charge on any atom is 0.301 e. The third kappa shape index (κ3) is 3.34. The number of amides is 1. The topological polar surface area (TPSA) is 77.5 Å². The Morgan fingerprint density at radius 2 is 2.22 bits per heavy atom. The molecule has 0 aliphatic heterocycles. The van der Waals surface area contributed by atoms with Crippen molar-refractivity contribution in [2.75, 3.05) is 6.61 Å². The Bertz CT molecular complexity index is 383. The first-order valence-electron chi connectivity index (χ1n) is 6.46. The van der Waals surface area contributed by atoms with Crippen LogP contribution in [-0.4, -0.2) is 12.5 Å². The summed E-state index contributed by atoms with van der Waals surface area (Å²) in [6, 6.07) is 1.74. The molecule has 0 saturated heterocycles. The van der Waals surface area contributed by atoms with Crippen molar-refractivity contribution in [3.8, 4) is 0 Å². The van der Waals surface area contributed by atoms with Crippen LogP contribution in [0.25, 0.3) is 0 Å². The van der Waals surface area contributed by atoms with E-state index < -0.39 is 5.91 Å². The number of nitrogen functional groups attached to an aromatic ring is 1. The molecule has 1 amide bonds. The zero-order valence-electron chi connectivity index (χ0n) is 10.5. The van der Waals surface area contributed by atoms with Crippen LogP contribution in [-0.2, 0) is 11.3 Å². The fraction of sp³-hybridized carbons (Fsp3) is 0.615. The zero-order chi connectivity index (χ0) is 12.8. The van der Waals surface area contributed by atoms with Gasteiger partial charge < -0.3 is 9.15 Å². The van der Waals surface area contributed by atoms with Gasteiger partial charge in [0.2, 0.25) is 0 Å². The van der Waals surface area contributed by atoms with Crippen LogP contribution in [0.3, 0.4) is 0 Å². The van der Waals surface area contributed by atoms with Crippen molar-refractivity contribution in [3.05, 3.63) is 23.7 Å². The smallest absolute Gasteiger partial charge is 0.301 e. The number of hydrogen-bond acceptors (Lipinski definition) is 4. The molecule has 2 rings (SSSR count). The maximum absolute atomic E-state index is 11.4. The van der Waals surface area contributed by atoms with E-state index in [-0.39, 0.29) is 5.76 Å². The van der Waals surface area contributed by atoms with Gasteiger partial charge in [-0.05, 0) is 24.8 Å². The molecule has 0 spiro atoms. The maximum atomic E-state index is 11.4. The first kappa shape index (κ1) is 13.1. The van der Waals surface area contributed by atoms with E-state index >= 15 is 0 Å². The lowest BCUT2D eigenvalue weighted by Gasteiger charge is -2.21. The normalized spacial score (nSPS) is 16.7. The minimum absolute atomic E-state index is 0.237. The van der Waals surface area contributed by atoms with Crippen molar-refractivity contribution in [1.82, 2.24) is 5.43 Å². The molecule has 1 heterocycles. The van der Waals surface area contributed by atoms with Gasteiger partial charge in [0.1, 0.15) is 0 Å². The van der Waals surface area contributed by atoms with Crippen molar-refractivity contribution < 1.29 is 13.9 Å². The fourth-order valence-corrected chi connectivity index (χ4v) is 2.40. The van der Waals surface area contributed by atoms with Crippen LogP contribution in [0, 0.1) is 5.92 Å². The minimum atomic E-state index is -0.420. The van der Waals surface area contributed by atoms with Crippen molar-refractivity contribution >= 4 is 5.91 Å². The number of ether oxygens (including phenoxy) is 1. The highest BCUT2D eigenvalue weighted by molar-refractivity contribution is 5.92. The average Bonchev–Trinajstić information content (AvgIpc) is 2.87. The summed E-state index contributed by atoms with van der Waals surface area (Å²) < 4.78 is 10.8. The monoisotopic (exact) mass is 252 g/mol. The van der Waals surface area contributed by atoms with Gasteiger partial charge in [0, 0.05) is 12.2 Å². The number of hydrazine groups is 1. The summed E-state index contributed by atoms with van der Waals surface area (Å²) in [7, 11) is 0. The SMILES string of the molecule is NNC(=O)c1occc1COCC1CCCCC1. The van der Waals surface area contributed by atoms with Crippen LogP contribution in [0.1, 0.15) is 48.2 Å². The van der Waals surface area contributed by atoms with E-state index in [1.54, 1.807) is 6.07 Å². The molecule has 1 aromatic heterocycles. The molecule has 1 fully saturated rings. The van der Waals surface area contributed by atoms with Gasteiger partial charge in [0.25, 0.3) is 0 Å². The van der Waals surface area contributed by atoms with Crippen LogP contribution in [0.4, 0.5) is 0 Å². The summed E-state index contributed by atoms with van der Waals surface area (Å²) in [5, 5.41) is 0. The van der Waals surface area contributed by atoms with Gasteiger partial charge in [-0.25, -0.2) is 5.84 Å². The lowest BCUT2D eigenvalue weighted by Crippen LogP contribution is -2.30. The summed E-state index contributed by atoms with van der Waals surface area (Å²) in [6.45, 7) is 1.16. The fourth-order valence-electron chi connectivity index (χ4n) is 2.40. The lowest BCUT2D eigenvalue weighted by atomic mass is 9.90. The Hall–Kier alpha value is -1.33. The Balaban J connectivity index is 1.79. The Labute approximate surface area is 107 Å². The van der Waals surface area contributed by atoms with Gasteiger partial charge >= 0.3 is 5.91 Å². The molecule has 1 aromatic rings. The van der Waals surface area contributed by atoms with Gasteiger partial charge in [-0.1, -0.05) is 19.3 Å². The van der Waals surface area contributed by atoms with Crippen LogP contribution in [0.5, 0.6) is 0 Å². The third-order valence-corrected chi connectivity index (χ3v) is 3.42. The summed E-state index contributed by atoms with van der Waals surface area (Å²) in [6.07, 6.45) is 7.94. The molecule has 3 N–H and O–H groups in total. The second-order valence-electron chi connectivity index (χ2n) is 4.77. The molecule has 1 aliphatic rings. The summed E-state index contributed by atoms with van der Waals surface area (Å²) >= 11 is 0. The van der Waals surface area contributed by atoms with E-state index in [1.807, 2.05) is 0 Å². The molecule has 0 aromatic carbocycles. The second kappa shape index (κ2) is 6.56. The first-order valence-corrected chi connectivity index (χ1v) is 6.46. The first-order chi connectivity index (χ1) is 8.81. The van der Waals surface area contributed by atoms with Crippen LogP contribution in [0.15, 0.2) is 16.7 Å². The number of carbonyl (C=O) groups excluding carboxylic acids is 1. The second-order valence-corrected chi connectivity index (χ2v) is 4.77. The van der Waals surface area contributed by atoms with E-state index in [2.05, 4.69) is 5.43 Å². The van der Waals surface area contributed by atoms with E-state index in [1.165, 1.54) is 38.4 Å². The molecular formula is C13H20N2O3. The van der Waals surface area contributed by atoms with Crippen molar-refractivity contribution in [1.29, 1.82) is 0 Å². The molecule has 1 aliphatic carbocycles. The summed E-state index contributed by atoms with van der Waals surface area (Å²) in [5.41, 5.74) is 2.80. The van der Waals surface area contributed by atoms with E-state index in [0.29, 0.717) is 12.5 Å². The molecule has 5 heteroatoms. The van der Waals surface area contributed by atoms with Crippen molar-refractivity contribution in [2.24, 2.45) is 11.8 Å². The summed E-state index contributed by atoms with van der Waals surface area (Å²) in [5.74, 6) is 5.56. The molecular weight excluding hydrogens is 232 g/mol. The van der Waals surface area contributed by atoms with Crippen LogP contribution < -0.4 is 11.3 Å². The van der Waals surface area contributed by atoms with E-state index in [4.69, 9.17) is 15.0 Å². The van der Waals surface area contributed by atoms with Gasteiger partial charge in [-0.15, -0.1) is 0 Å².